The molecule has 5 rings (SSSR count). The topological polar surface area (TPSA) is 96.2 Å². The standard InChI is InChI=1S/C31H35ClN4O4/c1-21-12-13-35(27(30(33)38)19-23-8-4-7-22-6-2-3-11-26(22)23)31(39)29(24-9-5-10-25(32)18-24)36(21)28(37)20-34-14-16-40-17-15-34/h2-11,18,21,27,29H,12-17,19-20H2,1H3,(H2,33,38). The van der Waals surface area contributed by atoms with Crippen LogP contribution in [0.15, 0.2) is 66.7 Å². The Morgan fingerprint density at radius 2 is 1.75 bits per heavy atom. The molecule has 3 aromatic carbocycles. The molecule has 3 amide bonds. The minimum Gasteiger partial charge on any atom is -0.379 e. The van der Waals surface area contributed by atoms with Crippen LogP contribution in [0.2, 0.25) is 5.02 Å². The first kappa shape index (κ1) is 28.1. The number of rotatable bonds is 7. The molecular weight excluding hydrogens is 528 g/mol. The molecule has 0 saturated carbocycles. The Bertz CT molecular complexity index is 1390. The van der Waals surface area contributed by atoms with E-state index >= 15 is 0 Å². The van der Waals surface area contributed by atoms with Crippen LogP contribution < -0.4 is 5.73 Å². The number of ether oxygens (including phenoxy) is 1. The van der Waals surface area contributed by atoms with Gasteiger partial charge in [-0.3, -0.25) is 19.3 Å². The summed E-state index contributed by atoms with van der Waals surface area (Å²) in [7, 11) is 0. The third-order valence-electron chi connectivity index (χ3n) is 7.97. The van der Waals surface area contributed by atoms with Crippen LogP contribution in [-0.4, -0.2) is 83.9 Å². The molecule has 0 aliphatic carbocycles. The molecule has 8 nitrogen and oxygen atoms in total. The Hall–Kier alpha value is -3.46. The van der Waals surface area contributed by atoms with Crippen molar-refractivity contribution in [2.45, 2.75) is 37.9 Å². The molecule has 9 heteroatoms. The number of amides is 3. The van der Waals surface area contributed by atoms with Gasteiger partial charge < -0.3 is 20.3 Å². The molecule has 2 fully saturated rings. The summed E-state index contributed by atoms with van der Waals surface area (Å²) < 4.78 is 5.44. The molecule has 0 bridgehead atoms. The van der Waals surface area contributed by atoms with Gasteiger partial charge in [-0.15, -0.1) is 0 Å². The number of carbonyl (C=O) groups is 3. The van der Waals surface area contributed by atoms with Gasteiger partial charge in [-0.25, -0.2) is 0 Å². The maximum Gasteiger partial charge on any atom is 0.250 e. The number of benzene rings is 3. The molecule has 3 aromatic rings. The number of hydrogen-bond donors (Lipinski definition) is 1. The number of carbonyl (C=O) groups excluding carboxylic acids is 3. The molecule has 3 atom stereocenters. The van der Waals surface area contributed by atoms with E-state index in [1.165, 1.54) is 0 Å². The van der Waals surface area contributed by atoms with Crippen LogP contribution in [0.4, 0.5) is 0 Å². The van der Waals surface area contributed by atoms with E-state index in [4.69, 9.17) is 22.1 Å². The molecule has 0 spiro atoms. The fourth-order valence-corrected chi connectivity index (χ4v) is 6.06. The lowest BCUT2D eigenvalue weighted by Crippen LogP contribution is -2.53. The van der Waals surface area contributed by atoms with Crippen LogP contribution in [-0.2, 0) is 25.5 Å². The minimum atomic E-state index is -0.931. The number of halogens is 1. The predicted molar refractivity (Wildman–Crippen MR) is 155 cm³/mol. The molecule has 2 N–H and O–H groups in total. The summed E-state index contributed by atoms with van der Waals surface area (Å²) in [5.74, 6) is -1.04. The molecule has 2 aliphatic heterocycles. The van der Waals surface area contributed by atoms with Gasteiger partial charge in [0.2, 0.25) is 11.8 Å². The molecular formula is C31H35ClN4O4. The molecule has 2 heterocycles. The van der Waals surface area contributed by atoms with Gasteiger partial charge in [0.25, 0.3) is 5.91 Å². The van der Waals surface area contributed by atoms with E-state index in [1.807, 2.05) is 60.4 Å². The molecule has 2 aliphatic rings. The number of fused-ring (bicyclic) bond motifs is 1. The molecule has 0 radical (unpaired) electrons. The average molecular weight is 563 g/mol. The predicted octanol–water partition coefficient (Wildman–Crippen LogP) is 3.41. The van der Waals surface area contributed by atoms with Crippen LogP contribution in [0.3, 0.4) is 0 Å². The molecule has 40 heavy (non-hydrogen) atoms. The number of nitrogens with two attached hydrogens (primary N) is 1. The van der Waals surface area contributed by atoms with Crippen LogP contribution >= 0.6 is 11.6 Å². The van der Waals surface area contributed by atoms with Gasteiger partial charge in [-0.05, 0) is 47.4 Å². The van der Waals surface area contributed by atoms with Crippen LogP contribution in [0.25, 0.3) is 10.8 Å². The third kappa shape index (κ3) is 5.99. The monoisotopic (exact) mass is 562 g/mol. The lowest BCUT2D eigenvalue weighted by Gasteiger charge is -2.37. The number of primary amides is 1. The molecule has 210 valence electrons. The van der Waals surface area contributed by atoms with Gasteiger partial charge >= 0.3 is 0 Å². The highest BCUT2D eigenvalue weighted by Crippen LogP contribution is 2.33. The highest BCUT2D eigenvalue weighted by Gasteiger charge is 2.43. The van der Waals surface area contributed by atoms with E-state index in [0.717, 1.165) is 16.3 Å². The lowest BCUT2D eigenvalue weighted by molar-refractivity contribution is -0.149. The van der Waals surface area contributed by atoms with Gasteiger partial charge in [0, 0.05) is 37.1 Å². The van der Waals surface area contributed by atoms with Crippen molar-refractivity contribution >= 4 is 40.1 Å². The minimum absolute atomic E-state index is 0.140. The zero-order valence-corrected chi connectivity index (χ0v) is 23.4. The highest BCUT2D eigenvalue weighted by molar-refractivity contribution is 6.30. The fraction of sp³-hybridized carbons (Fsp3) is 0.387. The number of nitrogens with zero attached hydrogens (tertiary/aromatic N) is 3. The van der Waals surface area contributed by atoms with Gasteiger partial charge in [0.05, 0.1) is 19.8 Å². The normalized spacial score (nSPS) is 21.3. The summed E-state index contributed by atoms with van der Waals surface area (Å²) in [6, 6.07) is 18.9. The van der Waals surface area contributed by atoms with Crippen molar-refractivity contribution in [1.29, 1.82) is 0 Å². The first-order valence-electron chi connectivity index (χ1n) is 13.8. The molecule has 0 aromatic heterocycles. The Morgan fingerprint density at radius 1 is 1.02 bits per heavy atom. The van der Waals surface area contributed by atoms with E-state index < -0.39 is 18.0 Å². The zero-order valence-electron chi connectivity index (χ0n) is 22.7. The van der Waals surface area contributed by atoms with Crippen LogP contribution in [0.5, 0.6) is 0 Å². The zero-order chi connectivity index (χ0) is 28.2. The van der Waals surface area contributed by atoms with Crippen molar-refractivity contribution in [1.82, 2.24) is 14.7 Å². The van der Waals surface area contributed by atoms with Gasteiger partial charge in [-0.1, -0.05) is 66.2 Å². The number of morpholine rings is 1. The first-order chi connectivity index (χ1) is 19.3. The van der Waals surface area contributed by atoms with Gasteiger partial charge in [-0.2, -0.15) is 0 Å². The average Bonchev–Trinajstić information content (AvgIpc) is 3.07. The van der Waals surface area contributed by atoms with Gasteiger partial charge in [0.1, 0.15) is 12.1 Å². The maximum absolute atomic E-state index is 14.5. The van der Waals surface area contributed by atoms with E-state index in [0.29, 0.717) is 49.9 Å². The van der Waals surface area contributed by atoms with Crippen molar-refractivity contribution in [3.8, 4) is 0 Å². The second-order valence-electron chi connectivity index (χ2n) is 10.6. The quantitative estimate of drug-likeness (QED) is 0.476. The molecule has 3 unspecified atom stereocenters. The Morgan fingerprint density at radius 3 is 2.50 bits per heavy atom. The van der Waals surface area contributed by atoms with E-state index in [-0.39, 0.29) is 30.8 Å². The Balaban J connectivity index is 1.51. The summed E-state index contributed by atoms with van der Waals surface area (Å²) in [6.07, 6.45) is 0.789. The van der Waals surface area contributed by atoms with E-state index in [2.05, 4.69) is 0 Å². The SMILES string of the molecule is CC1CCN(C(Cc2cccc3ccccc23)C(N)=O)C(=O)C(c2cccc(Cl)c2)N1C(=O)CN1CCOCC1. The summed E-state index contributed by atoms with van der Waals surface area (Å²) in [5.41, 5.74) is 7.53. The van der Waals surface area contributed by atoms with Crippen molar-refractivity contribution in [3.63, 3.8) is 0 Å². The maximum atomic E-state index is 14.5. The third-order valence-corrected chi connectivity index (χ3v) is 8.21. The van der Waals surface area contributed by atoms with E-state index in [1.54, 1.807) is 28.0 Å². The van der Waals surface area contributed by atoms with Gasteiger partial charge in [0.15, 0.2) is 0 Å². The molecule has 2 saturated heterocycles. The Kier molecular flexibility index (Phi) is 8.69. The summed E-state index contributed by atoms with van der Waals surface area (Å²) in [5, 5.41) is 2.54. The highest BCUT2D eigenvalue weighted by atomic mass is 35.5. The fourth-order valence-electron chi connectivity index (χ4n) is 5.86. The first-order valence-corrected chi connectivity index (χ1v) is 14.1. The summed E-state index contributed by atoms with van der Waals surface area (Å²) >= 11 is 6.36. The second-order valence-corrected chi connectivity index (χ2v) is 11.0. The summed E-state index contributed by atoms with van der Waals surface area (Å²) in [4.78, 5) is 46.6. The van der Waals surface area contributed by atoms with Crippen molar-refractivity contribution in [2.75, 3.05) is 39.4 Å². The number of hydrogen-bond acceptors (Lipinski definition) is 5. The van der Waals surface area contributed by atoms with Crippen molar-refractivity contribution in [3.05, 3.63) is 82.9 Å². The second kappa shape index (κ2) is 12.4. The van der Waals surface area contributed by atoms with Crippen LogP contribution in [0, 0.1) is 0 Å². The Labute approximate surface area is 239 Å². The lowest BCUT2D eigenvalue weighted by atomic mass is 9.96. The van der Waals surface area contributed by atoms with Crippen molar-refractivity contribution in [2.24, 2.45) is 5.73 Å². The largest absolute Gasteiger partial charge is 0.379 e. The summed E-state index contributed by atoms with van der Waals surface area (Å²) in [6.45, 7) is 4.90. The van der Waals surface area contributed by atoms with Crippen molar-refractivity contribution < 1.29 is 19.1 Å². The van der Waals surface area contributed by atoms with Crippen LogP contribution in [0.1, 0.15) is 30.5 Å². The smallest absolute Gasteiger partial charge is 0.250 e. The van der Waals surface area contributed by atoms with E-state index in [9.17, 15) is 14.4 Å².